The van der Waals surface area contributed by atoms with E-state index in [1.807, 2.05) is 13.1 Å². The maximum Gasteiger partial charge on any atom is 0.226 e. The van der Waals surface area contributed by atoms with Crippen LogP contribution in [-0.2, 0) is 11.2 Å². The molecule has 5 heteroatoms. The molecule has 1 amide bonds. The number of hydrogen-bond acceptors (Lipinski definition) is 3. The Kier molecular flexibility index (Phi) is 4.69. The van der Waals surface area contributed by atoms with Gasteiger partial charge in [-0.2, -0.15) is 5.10 Å². The maximum atomic E-state index is 11.5. The zero-order valence-electron chi connectivity index (χ0n) is 11.1. The van der Waals surface area contributed by atoms with Gasteiger partial charge >= 0.3 is 0 Å². The number of aromatic nitrogens is 2. The second kappa shape index (κ2) is 5.82. The zero-order chi connectivity index (χ0) is 12.9. The highest BCUT2D eigenvalue weighted by molar-refractivity contribution is 5.89. The number of aromatic amines is 1. The molecule has 0 aliphatic heterocycles. The number of nitrogens with one attached hydrogen (secondary N) is 3. The van der Waals surface area contributed by atoms with Gasteiger partial charge in [-0.1, -0.05) is 20.8 Å². The first kappa shape index (κ1) is 13.7. The van der Waals surface area contributed by atoms with Gasteiger partial charge in [0.25, 0.3) is 0 Å². The fourth-order valence-electron chi connectivity index (χ4n) is 1.53. The van der Waals surface area contributed by atoms with Crippen LogP contribution in [-0.4, -0.2) is 29.7 Å². The molecule has 17 heavy (non-hydrogen) atoms. The second-order valence-electron chi connectivity index (χ2n) is 5.42. The number of rotatable bonds is 5. The van der Waals surface area contributed by atoms with E-state index in [2.05, 4.69) is 41.6 Å². The van der Waals surface area contributed by atoms with Crippen LogP contribution in [0.3, 0.4) is 0 Å². The van der Waals surface area contributed by atoms with Crippen LogP contribution in [0, 0.1) is 5.41 Å². The molecule has 0 atom stereocenters. The van der Waals surface area contributed by atoms with E-state index < -0.39 is 0 Å². The second-order valence-corrected chi connectivity index (χ2v) is 5.42. The molecule has 1 rings (SSSR count). The first-order valence-corrected chi connectivity index (χ1v) is 5.89. The molecule has 5 nitrogen and oxygen atoms in total. The summed E-state index contributed by atoms with van der Waals surface area (Å²) in [5.41, 5.74) is 1.25. The minimum Gasteiger partial charge on any atom is -0.319 e. The quantitative estimate of drug-likeness (QED) is 0.729. The highest BCUT2D eigenvalue weighted by Gasteiger charge is 2.13. The third-order valence-electron chi connectivity index (χ3n) is 2.22. The maximum absolute atomic E-state index is 11.5. The Morgan fingerprint density at radius 3 is 2.76 bits per heavy atom. The molecule has 1 aromatic rings. The highest BCUT2D eigenvalue weighted by Crippen LogP contribution is 2.20. The fourth-order valence-corrected chi connectivity index (χ4v) is 1.53. The Morgan fingerprint density at radius 1 is 1.47 bits per heavy atom. The number of carbonyl (C=O) groups is 1. The molecule has 3 N–H and O–H groups in total. The number of hydrogen-bond donors (Lipinski definition) is 3. The van der Waals surface area contributed by atoms with Crippen LogP contribution in [0.2, 0.25) is 0 Å². The van der Waals surface area contributed by atoms with Gasteiger partial charge in [0.15, 0.2) is 5.82 Å². The Balaban J connectivity index is 2.48. The Bertz CT molecular complexity index is 365. The molecule has 0 aliphatic rings. The van der Waals surface area contributed by atoms with E-state index >= 15 is 0 Å². The first-order valence-electron chi connectivity index (χ1n) is 5.89. The van der Waals surface area contributed by atoms with Crippen molar-refractivity contribution in [1.82, 2.24) is 15.5 Å². The van der Waals surface area contributed by atoms with Crippen LogP contribution in [0.4, 0.5) is 5.82 Å². The highest BCUT2D eigenvalue weighted by atomic mass is 16.1. The van der Waals surface area contributed by atoms with Crippen molar-refractivity contribution in [3.63, 3.8) is 0 Å². The van der Waals surface area contributed by atoms with E-state index in [9.17, 15) is 4.79 Å². The predicted molar refractivity (Wildman–Crippen MR) is 68.9 cm³/mol. The molecule has 0 aromatic carbocycles. The molecule has 0 saturated heterocycles. The minimum absolute atomic E-state index is 0.0202. The number of carbonyl (C=O) groups excluding carboxylic acids is 1. The summed E-state index contributed by atoms with van der Waals surface area (Å²) in [5, 5.41) is 12.7. The van der Waals surface area contributed by atoms with Crippen LogP contribution >= 0.6 is 0 Å². The van der Waals surface area contributed by atoms with E-state index in [4.69, 9.17) is 0 Å². The summed E-state index contributed by atoms with van der Waals surface area (Å²) < 4.78 is 0. The van der Waals surface area contributed by atoms with E-state index in [-0.39, 0.29) is 11.3 Å². The number of amides is 1. The Labute approximate surface area is 102 Å². The summed E-state index contributed by atoms with van der Waals surface area (Å²) >= 11 is 0. The van der Waals surface area contributed by atoms with Crippen molar-refractivity contribution in [3.05, 3.63) is 11.8 Å². The van der Waals surface area contributed by atoms with Crippen molar-refractivity contribution in [2.75, 3.05) is 18.9 Å². The summed E-state index contributed by atoms with van der Waals surface area (Å²) in [7, 11) is 1.82. The SMILES string of the molecule is CNCCC(=O)Nc1cc(CC(C)(C)C)[nH]n1. The Hall–Kier alpha value is -1.36. The lowest BCUT2D eigenvalue weighted by Crippen LogP contribution is -2.18. The van der Waals surface area contributed by atoms with Gasteiger partial charge in [-0.25, -0.2) is 0 Å². The summed E-state index contributed by atoms with van der Waals surface area (Å²) in [4.78, 5) is 11.5. The molecule has 0 spiro atoms. The van der Waals surface area contributed by atoms with Gasteiger partial charge in [0.1, 0.15) is 0 Å². The lowest BCUT2D eigenvalue weighted by atomic mass is 9.91. The van der Waals surface area contributed by atoms with E-state index in [0.29, 0.717) is 18.8 Å². The van der Waals surface area contributed by atoms with Gasteiger partial charge in [-0.3, -0.25) is 9.89 Å². The first-order chi connectivity index (χ1) is 7.90. The number of nitrogens with zero attached hydrogens (tertiary/aromatic N) is 1. The van der Waals surface area contributed by atoms with Gasteiger partial charge in [0.2, 0.25) is 5.91 Å². The summed E-state index contributed by atoms with van der Waals surface area (Å²) in [5.74, 6) is 0.582. The molecule has 0 saturated carbocycles. The van der Waals surface area contributed by atoms with Gasteiger partial charge in [-0.15, -0.1) is 0 Å². The van der Waals surface area contributed by atoms with E-state index in [1.165, 1.54) is 0 Å². The third kappa shape index (κ3) is 5.49. The van der Waals surface area contributed by atoms with Crippen molar-refractivity contribution in [2.45, 2.75) is 33.6 Å². The van der Waals surface area contributed by atoms with Crippen LogP contribution in [0.25, 0.3) is 0 Å². The van der Waals surface area contributed by atoms with Crippen LogP contribution in [0.1, 0.15) is 32.9 Å². The molecular formula is C12H22N4O. The molecule has 1 aromatic heterocycles. The van der Waals surface area contributed by atoms with Gasteiger partial charge in [0, 0.05) is 24.7 Å². The number of anilines is 1. The van der Waals surface area contributed by atoms with Gasteiger partial charge < -0.3 is 10.6 Å². The topological polar surface area (TPSA) is 69.8 Å². The zero-order valence-corrected chi connectivity index (χ0v) is 11.1. The molecule has 0 unspecified atom stereocenters. The summed E-state index contributed by atoms with van der Waals surface area (Å²) in [6, 6.07) is 1.89. The van der Waals surface area contributed by atoms with Crippen LogP contribution in [0.5, 0.6) is 0 Å². The van der Waals surface area contributed by atoms with E-state index in [1.54, 1.807) is 0 Å². The Morgan fingerprint density at radius 2 is 2.18 bits per heavy atom. The average molecular weight is 238 g/mol. The lowest BCUT2D eigenvalue weighted by molar-refractivity contribution is -0.116. The summed E-state index contributed by atoms with van der Waals surface area (Å²) in [6.45, 7) is 7.17. The molecule has 96 valence electrons. The monoisotopic (exact) mass is 238 g/mol. The molecule has 0 radical (unpaired) electrons. The van der Waals surface area contributed by atoms with Crippen molar-refractivity contribution in [1.29, 1.82) is 0 Å². The van der Waals surface area contributed by atoms with E-state index in [0.717, 1.165) is 12.1 Å². The van der Waals surface area contributed by atoms with Crippen LogP contribution < -0.4 is 10.6 Å². The standard InChI is InChI=1S/C12H22N4O/c1-12(2,3)8-9-7-10(16-15-9)14-11(17)5-6-13-4/h7,13H,5-6,8H2,1-4H3,(H2,14,15,16,17). The van der Waals surface area contributed by atoms with Crippen molar-refractivity contribution in [3.8, 4) is 0 Å². The minimum atomic E-state index is -0.0202. The largest absolute Gasteiger partial charge is 0.319 e. The predicted octanol–water partition coefficient (Wildman–Crippen LogP) is 1.55. The normalized spacial score (nSPS) is 11.5. The fraction of sp³-hybridized carbons (Fsp3) is 0.667. The van der Waals surface area contributed by atoms with Gasteiger partial charge in [-0.05, 0) is 18.9 Å². The third-order valence-corrected chi connectivity index (χ3v) is 2.22. The summed E-state index contributed by atoms with van der Waals surface area (Å²) in [6.07, 6.45) is 1.37. The molecule has 1 heterocycles. The van der Waals surface area contributed by atoms with Crippen molar-refractivity contribution >= 4 is 11.7 Å². The van der Waals surface area contributed by atoms with Crippen LogP contribution in [0.15, 0.2) is 6.07 Å². The molecule has 0 fully saturated rings. The molecular weight excluding hydrogens is 216 g/mol. The van der Waals surface area contributed by atoms with Crippen molar-refractivity contribution in [2.24, 2.45) is 5.41 Å². The smallest absolute Gasteiger partial charge is 0.226 e. The molecule has 0 bridgehead atoms. The molecule has 0 aliphatic carbocycles. The lowest BCUT2D eigenvalue weighted by Gasteiger charge is -2.15. The van der Waals surface area contributed by atoms with Crippen molar-refractivity contribution < 1.29 is 4.79 Å². The van der Waals surface area contributed by atoms with Gasteiger partial charge in [0.05, 0.1) is 0 Å². The number of H-pyrrole nitrogens is 1. The average Bonchev–Trinajstić information content (AvgIpc) is 2.59.